The molecule has 1 saturated heterocycles. The highest BCUT2D eigenvalue weighted by Gasteiger charge is 2.27. The van der Waals surface area contributed by atoms with E-state index in [1.165, 1.54) is 0 Å². The maximum atomic E-state index is 12.0. The molecule has 0 unspecified atom stereocenters. The zero-order valence-corrected chi connectivity index (χ0v) is 11.5. The first-order valence-corrected chi connectivity index (χ1v) is 6.76. The Morgan fingerprint density at radius 2 is 2.33 bits per heavy atom. The number of primary amides is 1. The first-order chi connectivity index (χ1) is 10.1. The van der Waals surface area contributed by atoms with Crippen LogP contribution in [0.2, 0.25) is 0 Å². The van der Waals surface area contributed by atoms with Crippen molar-refractivity contribution in [2.45, 2.75) is 18.9 Å². The SMILES string of the molecule is N#Cc1cccc(C[C@H](NC(=O)[C@@H]2CCOC2)C(N)=O)c1. The Labute approximate surface area is 122 Å². The lowest BCUT2D eigenvalue weighted by atomic mass is 10.0. The largest absolute Gasteiger partial charge is 0.381 e. The summed E-state index contributed by atoms with van der Waals surface area (Å²) in [5.74, 6) is -1.03. The van der Waals surface area contributed by atoms with Crippen molar-refractivity contribution >= 4 is 11.8 Å². The molecule has 110 valence electrons. The van der Waals surface area contributed by atoms with Crippen molar-refractivity contribution in [2.24, 2.45) is 11.7 Å². The molecule has 2 amide bonds. The summed E-state index contributed by atoms with van der Waals surface area (Å²) >= 11 is 0. The summed E-state index contributed by atoms with van der Waals surface area (Å²) in [4.78, 5) is 23.5. The maximum absolute atomic E-state index is 12.0. The van der Waals surface area contributed by atoms with E-state index < -0.39 is 11.9 Å². The second-order valence-electron chi connectivity index (χ2n) is 5.04. The molecule has 0 saturated carbocycles. The lowest BCUT2D eigenvalue weighted by Crippen LogP contribution is -2.48. The van der Waals surface area contributed by atoms with Gasteiger partial charge in [-0.3, -0.25) is 9.59 Å². The van der Waals surface area contributed by atoms with Crippen LogP contribution < -0.4 is 11.1 Å². The Kier molecular flexibility index (Phi) is 4.90. The third-order valence-corrected chi connectivity index (χ3v) is 3.46. The van der Waals surface area contributed by atoms with Crippen LogP contribution in [-0.2, 0) is 20.7 Å². The van der Waals surface area contributed by atoms with Crippen LogP contribution in [0.15, 0.2) is 24.3 Å². The minimum absolute atomic E-state index is 0.215. The predicted octanol–water partition coefficient (Wildman–Crippen LogP) is 0.107. The van der Waals surface area contributed by atoms with Gasteiger partial charge < -0.3 is 15.8 Å². The Hall–Kier alpha value is -2.39. The third-order valence-electron chi connectivity index (χ3n) is 3.46. The summed E-state index contributed by atoms with van der Waals surface area (Å²) in [6.07, 6.45) is 0.922. The number of benzene rings is 1. The van der Waals surface area contributed by atoms with E-state index in [1.54, 1.807) is 24.3 Å². The number of amides is 2. The average molecular weight is 287 g/mol. The molecule has 1 aliphatic heterocycles. The lowest BCUT2D eigenvalue weighted by Gasteiger charge is -2.17. The molecule has 0 radical (unpaired) electrons. The molecule has 6 heteroatoms. The van der Waals surface area contributed by atoms with E-state index in [1.807, 2.05) is 6.07 Å². The van der Waals surface area contributed by atoms with E-state index in [9.17, 15) is 9.59 Å². The number of carbonyl (C=O) groups is 2. The zero-order chi connectivity index (χ0) is 15.2. The quantitative estimate of drug-likeness (QED) is 0.801. The predicted molar refractivity (Wildman–Crippen MR) is 74.9 cm³/mol. The number of hydrogen-bond donors (Lipinski definition) is 2. The summed E-state index contributed by atoms with van der Waals surface area (Å²) in [6.45, 7) is 0.935. The lowest BCUT2D eigenvalue weighted by molar-refractivity contribution is -0.129. The molecule has 1 aromatic carbocycles. The summed E-state index contributed by atoms with van der Waals surface area (Å²) < 4.78 is 5.16. The normalized spacial score (nSPS) is 18.7. The highest BCUT2D eigenvalue weighted by atomic mass is 16.5. The molecule has 21 heavy (non-hydrogen) atoms. The molecule has 2 rings (SSSR count). The number of carbonyl (C=O) groups excluding carboxylic acids is 2. The fourth-order valence-electron chi connectivity index (χ4n) is 2.26. The Bertz CT molecular complexity index is 574. The second kappa shape index (κ2) is 6.86. The van der Waals surface area contributed by atoms with Crippen molar-refractivity contribution in [1.29, 1.82) is 5.26 Å². The van der Waals surface area contributed by atoms with Crippen LogP contribution in [0.25, 0.3) is 0 Å². The number of nitrogens with two attached hydrogens (primary N) is 1. The molecule has 0 aliphatic carbocycles. The standard InChI is InChI=1S/C15H17N3O3/c16-8-11-3-1-2-10(6-11)7-13(14(17)19)18-15(20)12-4-5-21-9-12/h1-3,6,12-13H,4-5,7,9H2,(H2,17,19)(H,18,20)/t12-,13+/m1/s1. The van der Waals surface area contributed by atoms with Gasteiger partial charge in [0, 0.05) is 13.0 Å². The number of nitriles is 1. The van der Waals surface area contributed by atoms with Crippen molar-refractivity contribution in [1.82, 2.24) is 5.32 Å². The van der Waals surface area contributed by atoms with Crippen LogP contribution in [-0.4, -0.2) is 31.1 Å². The summed E-state index contributed by atoms with van der Waals surface area (Å²) in [6, 6.07) is 8.14. The highest BCUT2D eigenvalue weighted by molar-refractivity contribution is 5.87. The van der Waals surface area contributed by atoms with Crippen molar-refractivity contribution in [2.75, 3.05) is 13.2 Å². The van der Waals surface area contributed by atoms with Crippen molar-refractivity contribution < 1.29 is 14.3 Å². The fourth-order valence-corrected chi connectivity index (χ4v) is 2.26. The first-order valence-electron chi connectivity index (χ1n) is 6.76. The number of hydrogen-bond acceptors (Lipinski definition) is 4. The summed E-state index contributed by atoms with van der Waals surface area (Å²) in [5, 5.41) is 11.5. The van der Waals surface area contributed by atoms with Gasteiger partial charge in [0.25, 0.3) is 0 Å². The van der Waals surface area contributed by atoms with Gasteiger partial charge in [-0.25, -0.2) is 0 Å². The van der Waals surface area contributed by atoms with E-state index in [4.69, 9.17) is 15.7 Å². The molecule has 1 fully saturated rings. The topological polar surface area (TPSA) is 105 Å². The molecule has 0 aromatic heterocycles. The average Bonchev–Trinajstić information content (AvgIpc) is 3.01. The molecule has 1 heterocycles. The summed E-state index contributed by atoms with van der Waals surface area (Å²) in [7, 11) is 0. The van der Waals surface area contributed by atoms with Crippen LogP contribution >= 0.6 is 0 Å². The van der Waals surface area contributed by atoms with Crippen LogP contribution in [0.5, 0.6) is 0 Å². The number of nitrogens with one attached hydrogen (secondary N) is 1. The van der Waals surface area contributed by atoms with Crippen molar-refractivity contribution in [3.8, 4) is 6.07 Å². The molecular weight excluding hydrogens is 270 g/mol. The van der Waals surface area contributed by atoms with Crippen LogP contribution in [0.3, 0.4) is 0 Å². The van der Waals surface area contributed by atoms with Gasteiger partial charge >= 0.3 is 0 Å². The van der Waals surface area contributed by atoms with Gasteiger partial charge in [-0.2, -0.15) is 5.26 Å². The van der Waals surface area contributed by atoms with E-state index in [0.29, 0.717) is 25.2 Å². The Morgan fingerprint density at radius 3 is 2.95 bits per heavy atom. The van der Waals surface area contributed by atoms with Gasteiger partial charge in [0.05, 0.1) is 24.2 Å². The van der Waals surface area contributed by atoms with E-state index in [2.05, 4.69) is 5.32 Å². The fraction of sp³-hybridized carbons (Fsp3) is 0.400. The zero-order valence-electron chi connectivity index (χ0n) is 11.5. The molecule has 6 nitrogen and oxygen atoms in total. The van der Waals surface area contributed by atoms with Gasteiger partial charge in [-0.05, 0) is 24.1 Å². The highest BCUT2D eigenvalue weighted by Crippen LogP contribution is 2.13. The van der Waals surface area contributed by atoms with Crippen molar-refractivity contribution in [3.05, 3.63) is 35.4 Å². The van der Waals surface area contributed by atoms with Crippen LogP contribution in [0.1, 0.15) is 17.5 Å². The monoisotopic (exact) mass is 287 g/mol. The minimum atomic E-state index is -0.785. The van der Waals surface area contributed by atoms with Crippen molar-refractivity contribution in [3.63, 3.8) is 0 Å². The molecule has 0 bridgehead atoms. The first kappa shape index (κ1) is 15.0. The van der Waals surface area contributed by atoms with Gasteiger partial charge in [0.15, 0.2) is 0 Å². The molecular formula is C15H17N3O3. The van der Waals surface area contributed by atoms with Crippen LogP contribution in [0.4, 0.5) is 0 Å². The maximum Gasteiger partial charge on any atom is 0.240 e. The molecule has 3 N–H and O–H groups in total. The number of ether oxygens (including phenoxy) is 1. The van der Waals surface area contributed by atoms with Gasteiger partial charge in [0.1, 0.15) is 6.04 Å². The second-order valence-corrected chi connectivity index (χ2v) is 5.04. The number of rotatable bonds is 5. The van der Waals surface area contributed by atoms with Crippen LogP contribution in [0, 0.1) is 17.2 Å². The summed E-state index contributed by atoms with van der Waals surface area (Å²) in [5.41, 5.74) is 6.64. The molecule has 1 aromatic rings. The molecule has 2 atom stereocenters. The smallest absolute Gasteiger partial charge is 0.240 e. The van der Waals surface area contributed by atoms with Gasteiger partial charge in [-0.15, -0.1) is 0 Å². The minimum Gasteiger partial charge on any atom is -0.381 e. The molecule has 1 aliphatic rings. The van der Waals surface area contributed by atoms with Gasteiger partial charge in [-0.1, -0.05) is 12.1 Å². The van der Waals surface area contributed by atoms with E-state index in [-0.39, 0.29) is 18.2 Å². The Balaban J connectivity index is 2.03. The van der Waals surface area contributed by atoms with Gasteiger partial charge in [0.2, 0.25) is 11.8 Å². The molecule has 0 spiro atoms. The third kappa shape index (κ3) is 4.04. The Morgan fingerprint density at radius 1 is 1.52 bits per heavy atom. The number of nitrogens with zero attached hydrogens (tertiary/aromatic N) is 1. The van der Waals surface area contributed by atoms with E-state index in [0.717, 1.165) is 5.56 Å². The van der Waals surface area contributed by atoms with E-state index >= 15 is 0 Å².